The lowest BCUT2D eigenvalue weighted by molar-refractivity contribution is -0.162. The Balaban J connectivity index is 2.49. The highest BCUT2D eigenvalue weighted by atomic mass is 16.5. The zero-order valence-electron chi connectivity index (χ0n) is 9.62. The Morgan fingerprint density at radius 2 is 2.40 bits per heavy atom. The summed E-state index contributed by atoms with van der Waals surface area (Å²) in [6, 6.07) is 0.396. The van der Waals surface area contributed by atoms with Gasteiger partial charge in [-0.25, -0.2) is 4.79 Å². The Morgan fingerprint density at radius 3 is 2.93 bits per heavy atom. The van der Waals surface area contributed by atoms with Crippen LogP contribution in [-0.2, 0) is 9.53 Å². The number of piperazine rings is 1. The molecule has 5 nitrogen and oxygen atoms in total. The van der Waals surface area contributed by atoms with Gasteiger partial charge in [0.2, 0.25) is 0 Å². The number of nitrogens with zero attached hydrogens (tertiary/aromatic N) is 1. The van der Waals surface area contributed by atoms with E-state index in [9.17, 15) is 9.90 Å². The molecule has 0 amide bonds. The molecule has 0 bridgehead atoms. The molecule has 1 saturated heterocycles. The second-order valence-corrected chi connectivity index (χ2v) is 4.36. The van der Waals surface area contributed by atoms with Crippen molar-refractivity contribution in [3.63, 3.8) is 0 Å². The molecule has 0 aromatic rings. The molecule has 0 saturated carbocycles. The second kappa shape index (κ2) is 4.92. The van der Waals surface area contributed by atoms with Gasteiger partial charge in [-0.1, -0.05) is 0 Å². The molecule has 88 valence electrons. The summed E-state index contributed by atoms with van der Waals surface area (Å²) in [7, 11) is 1.29. The van der Waals surface area contributed by atoms with Crippen LogP contribution in [0.3, 0.4) is 0 Å². The van der Waals surface area contributed by atoms with Crippen LogP contribution in [0.4, 0.5) is 0 Å². The number of esters is 1. The Bertz CT molecular complexity index is 231. The third kappa shape index (κ3) is 3.44. The molecule has 2 atom stereocenters. The van der Waals surface area contributed by atoms with Gasteiger partial charge in [-0.3, -0.25) is 4.90 Å². The van der Waals surface area contributed by atoms with Crippen molar-refractivity contribution in [1.29, 1.82) is 0 Å². The van der Waals surface area contributed by atoms with Gasteiger partial charge >= 0.3 is 5.97 Å². The molecule has 1 heterocycles. The van der Waals surface area contributed by atoms with Crippen molar-refractivity contribution < 1.29 is 14.6 Å². The first-order chi connectivity index (χ1) is 6.95. The molecule has 1 aliphatic heterocycles. The zero-order valence-corrected chi connectivity index (χ0v) is 9.62. The highest BCUT2D eigenvalue weighted by molar-refractivity contribution is 5.78. The van der Waals surface area contributed by atoms with E-state index < -0.39 is 11.6 Å². The number of nitrogens with one attached hydrogen (secondary N) is 1. The summed E-state index contributed by atoms with van der Waals surface area (Å²) < 4.78 is 4.55. The van der Waals surface area contributed by atoms with E-state index in [0.717, 1.165) is 19.6 Å². The maximum Gasteiger partial charge on any atom is 0.338 e. The first kappa shape index (κ1) is 12.4. The average molecular weight is 216 g/mol. The van der Waals surface area contributed by atoms with Gasteiger partial charge in [-0.15, -0.1) is 0 Å². The van der Waals surface area contributed by atoms with Crippen LogP contribution in [0.5, 0.6) is 0 Å². The molecule has 0 aromatic heterocycles. The monoisotopic (exact) mass is 216 g/mol. The molecule has 5 heteroatoms. The number of rotatable bonds is 3. The highest BCUT2D eigenvalue weighted by Gasteiger charge is 2.34. The van der Waals surface area contributed by atoms with Gasteiger partial charge in [-0.2, -0.15) is 0 Å². The lowest BCUT2D eigenvalue weighted by Gasteiger charge is -2.35. The smallest absolute Gasteiger partial charge is 0.338 e. The standard InChI is InChI=1S/C10H20N2O3/c1-8-6-12(5-4-11-8)7-10(2,14)9(13)15-3/h8,11,14H,4-7H2,1-3H3/t8-,10?/m0/s1. The Morgan fingerprint density at radius 1 is 1.73 bits per heavy atom. The molecule has 0 radical (unpaired) electrons. The minimum absolute atomic E-state index is 0.325. The predicted molar refractivity (Wildman–Crippen MR) is 56.5 cm³/mol. The summed E-state index contributed by atoms with van der Waals surface area (Å²) in [6.07, 6.45) is 0. The SMILES string of the molecule is COC(=O)C(C)(O)CN1CCN[C@@H](C)C1. The summed E-state index contributed by atoms with van der Waals surface area (Å²) in [6.45, 7) is 6.47. The van der Waals surface area contributed by atoms with Crippen LogP contribution in [-0.4, -0.2) is 60.9 Å². The van der Waals surface area contributed by atoms with Crippen molar-refractivity contribution >= 4 is 5.97 Å². The first-order valence-electron chi connectivity index (χ1n) is 5.22. The number of ether oxygens (including phenoxy) is 1. The Labute approximate surface area is 90.4 Å². The topological polar surface area (TPSA) is 61.8 Å². The third-order valence-electron chi connectivity index (χ3n) is 2.61. The zero-order chi connectivity index (χ0) is 11.5. The minimum atomic E-state index is -1.41. The van der Waals surface area contributed by atoms with Crippen LogP contribution < -0.4 is 5.32 Å². The molecule has 15 heavy (non-hydrogen) atoms. The third-order valence-corrected chi connectivity index (χ3v) is 2.61. The summed E-state index contributed by atoms with van der Waals surface area (Å²) in [5.41, 5.74) is -1.41. The molecule has 0 aromatic carbocycles. The van der Waals surface area contributed by atoms with E-state index >= 15 is 0 Å². The van der Waals surface area contributed by atoms with Crippen molar-refractivity contribution in [2.45, 2.75) is 25.5 Å². The lowest BCUT2D eigenvalue weighted by atomic mass is 10.1. The van der Waals surface area contributed by atoms with E-state index in [4.69, 9.17) is 0 Å². The molecule has 0 spiro atoms. The van der Waals surface area contributed by atoms with Gasteiger partial charge in [0.05, 0.1) is 7.11 Å². The van der Waals surface area contributed by atoms with Gasteiger partial charge in [0.25, 0.3) is 0 Å². The summed E-state index contributed by atoms with van der Waals surface area (Å²) in [4.78, 5) is 13.3. The summed E-state index contributed by atoms with van der Waals surface area (Å²) in [5, 5.41) is 13.2. The van der Waals surface area contributed by atoms with Crippen molar-refractivity contribution in [2.75, 3.05) is 33.3 Å². The van der Waals surface area contributed by atoms with Crippen LogP contribution in [0.25, 0.3) is 0 Å². The normalized spacial score (nSPS) is 27.1. The van der Waals surface area contributed by atoms with Crippen LogP contribution in [0.2, 0.25) is 0 Å². The summed E-state index contributed by atoms with van der Waals surface area (Å²) >= 11 is 0. The number of hydrogen-bond donors (Lipinski definition) is 2. The van der Waals surface area contributed by atoms with Crippen LogP contribution >= 0.6 is 0 Å². The largest absolute Gasteiger partial charge is 0.467 e. The van der Waals surface area contributed by atoms with Gasteiger partial charge in [-0.05, 0) is 13.8 Å². The first-order valence-corrected chi connectivity index (χ1v) is 5.22. The molecular formula is C10H20N2O3. The van der Waals surface area contributed by atoms with E-state index in [1.807, 2.05) is 0 Å². The molecular weight excluding hydrogens is 196 g/mol. The average Bonchev–Trinajstić information content (AvgIpc) is 2.15. The number of methoxy groups -OCH3 is 1. The number of carbonyl (C=O) groups excluding carboxylic acids is 1. The van der Waals surface area contributed by atoms with Crippen molar-refractivity contribution in [3.05, 3.63) is 0 Å². The number of β-amino-alcohol motifs (C(OH)–C–C–N with tert-alkyl or cyclic N) is 1. The highest BCUT2D eigenvalue weighted by Crippen LogP contribution is 2.10. The van der Waals surface area contributed by atoms with Crippen LogP contribution in [0, 0.1) is 0 Å². The molecule has 1 aliphatic rings. The van der Waals surface area contributed by atoms with E-state index in [0.29, 0.717) is 12.6 Å². The van der Waals surface area contributed by atoms with E-state index in [2.05, 4.69) is 21.9 Å². The number of hydrogen-bond acceptors (Lipinski definition) is 5. The maximum absolute atomic E-state index is 11.3. The Kier molecular flexibility index (Phi) is 4.07. The Hall–Kier alpha value is -0.650. The lowest BCUT2D eigenvalue weighted by Crippen LogP contribution is -2.55. The molecule has 1 unspecified atom stereocenters. The fraction of sp³-hybridized carbons (Fsp3) is 0.900. The van der Waals surface area contributed by atoms with E-state index in [-0.39, 0.29) is 0 Å². The van der Waals surface area contributed by atoms with E-state index in [1.165, 1.54) is 14.0 Å². The van der Waals surface area contributed by atoms with Crippen molar-refractivity contribution in [3.8, 4) is 0 Å². The van der Waals surface area contributed by atoms with E-state index in [1.54, 1.807) is 0 Å². The van der Waals surface area contributed by atoms with Gasteiger partial charge in [0.1, 0.15) is 0 Å². The van der Waals surface area contributed by atoms with Crippen molar-refractivity contribution in [1.82, 2.24) is 10.2 Å². The summed E-state index contributed by atoms with van der Waals surface area (Å²) in [5.74, 6) is -0.575. The molecule has 1 rings (SSSR count). The van der Waals surface area contributed by atoms with Crippen molar-refractivity contribution in [2.24, 2.45) is 0 Å². The van der Waals surface area contributed by atoms with Gasteiger partial charge in [0, 0.05) is 32.2 Å². The molecule has 2 N–H and O–H groups in total. The minimum Gasteiger partial charge on any atom is -0.467 e. The molecule has 1 fully saturated rings. The second-order valence-electron chi connectivity index (χ2n) is 4.36. The number of aliphatic hydroxyl groups is 1. The molecule has 0 aliphatic carbocycles. The van der Waals surface area contributed by atoms with Gasteiger partial charge in [0.15, 0.2) is 5.60 Å². The van der Waals surface area contributed by atoms with Crippen LogP contribution in [0.15, 0.2) is 0 Å². The maximum atomic E-state index is 11.3. The van der Waals surface area contributed by atoms with Crippen LogP contribution in [0.1, 0.15) is 13.8 Å². The fourth-order valence-corrected chi connectivity index (χ4v) is 1.88. The predicted octanol–water partition coefficient (Wildman–Crippen LogP) is -0.796. The van der Waals surface area contributed by atoms with Gasteiger partial charge < -0.3 is 15.2 Å². The fourth-order valence-electron chi connectivity index (χ4n) is 1.88. The number of carbonyl (C=O) groups is 1. The quantitative estimate of drug-likeness (QED) is 0.605.